The lowest BCUT2D eigenvalue weighted by Crippen LogP contribution is -2.30. The van der Waals surface area contributed by atoms with Crippen LogP contribution in [0.5, 0.6) is 5.75 Å². The largest absolute Gasteiger partial charge is 0.497 e. The summed E-state index contributed by atoms with van der Waals surface area (Å²) < 4.78 is 17.2. The van der Waals surface area contributed by atoms with Crippen molar-refractivity contribution < 1.29 is 14.2 Å². The zero-order chi connectivity index (χ0) is 14.7. The van der Waals surface area contributed by atoms with E-state index in [2.05, 4.69) is 0 Å². The van der Waals surface area contributed by atoms with Gasteiger partial charge in [0.15, 0.2) is 6.29 Å². The number of benzene rings is 1. The van der Waals surface area contributed by atoms with Gasteiger partial charge in [0.2, 0.25) is 0 Å². The first kappa shape index (κ1) is 16.0. The molecule has 0 aliphatic heterocycles. The molecule has 1 aromatic rings. The Bertz CT molecular complexity index is 366. The predicted octanol–water partition coefficient (Wildman–Crippen LogP) is 4.32. The Balaban J connectivity index is 2.94. The minimum Gasteiger partial charge on any atom is -0.497 e. The van der Waals surface area contributed by atoms with Gasteiger partial charge in [-0.05, 0) is 53.7 Å². The van der Waals surface area contributed by atoms with Crippen LogP contribution in [0.15, 0.2) is 24.3 Å². The summed E-state index contributed by atoms with van der Waals surface area (Å²) in [6, 6.07) is 7.78. The van der Waals surface area contributed by atoms with Gasteiger partial charge >= 0.3 is 0 Å². The van der Waals surface area contributed by atoms with Crippen molar-refractivity contribution in [2.45, 2.75) is 59.0 Å². The van der Waals surface area contributed by atoms with E-state index in [1.807, 2.05) is 65.8 Å². The van der Waals surface area contributed by atoms with Crippen LogP contribution < -0.4 is 4.74 Å². The smallest absolute Gasteiger partial charge is 0.185 e. The van der Waals surface area contributed by atoms with E-state index in [0.717, 1.165) is 11.3 Å². The maximum Gasteiger partial charge on any atom is 0.185 e. The fourth-order valence-corrected chi connectivity index (χ4v) is 1.56. The lowest BCUT2D eigenvalue weighted by molar-refractivity contribution is -0.238. The third-order valence-corrected chi connectivity index (χ3v) is 2.31. The van der Waals surface area contributed by atoms with Gasteiger partial charge in [-0.25, -0.2) is 0 Å². The van der Waals surface area contributed by atoms with E-state index < -0.39 is 0 Å². The fraction of sp³-hybridized carbons (Fsp3) is 0.625. The Morgan fingerprint density at radius 2 is 1.21 bits per heavy atom. The molecule has 0 saturated heterocycles. The first-order valence-corrected chi connectivity index (χ1v) is 6.60. The second-order valence-electron chi connectivity index (χ2n) is 6.57. The molecule has 108 valence electrons. The molecule has 3 nitrogen and oxygen atoms in total. The maximum absolute atomic E-state index is 6.01. The zero-order valence-corrected chi connectivity index (χ0v) is 13.1. The van der Waals surface area contributed by atoms with Crippen molar-refractivity contribution >= 4 is 0 Å². The summed E-state index contributed by atoms with van der Waals surface area (Å²) in [6.45, 7) is 12.1. The third-order valence-electron chi connectivity index (χ3n) is 2.31. The van der Waals surface area contributed by atoms with Crippen LogP contribution in [0, 0.1) is 0 Å². The van der Waals surface area contributed by atoms with Crippen LogP contribution in [-0.4, -0.2) is 18.3 Å². The summed E-state index contributed by atoms with van der Waals surface area (Å²) in [7, 11) is 1.66. The van der Waals surface area contributed by atoms with Crippen LogP contribution >= 0.6 is 0 Å². The standard InChI is InChI=1S/C16H26O3/c1-15(2,3)18-14(19-16(4,5)6)12-8-10-13(17-7)11-9-12/h8-11,14H,1-7H3. The SMILES string of the molecule is COc1ccc(C(OC(C)(C)C)OC(C)(C)C)cc1. The van der Waals surface area contributed by atoms with E-state index in [9.17, 15) is 0 Å². The molecule has 0 aliphatic carbocycles. The van der Waals surface area contributed by atoms with Gasteiger partial charge in [-0.1, -0.05) is 12.1 Å². The summed E-state index contributed by atoms with van der Waals surface area (Å²) in [5, 5.41) is 0. The Hall–Kier alpha value is -1.06. The first-order valence-electron chi connectivity index (χ1n) is 6.60. The molecule has 0 heterocycles. The number of hydrogen-bond acceptors (Lipinski definition) is 3. The van der Waals surface area contributed by atoms with Crippen molar-refractivity contribution in [1.29, 1.82) is 0 Å². The molecule has 0 aromatic heterocycles. The van der Waals surface area contributed by atoms with Crippen LogP contribution in [0.1, 0.15) is 53.4 Å². The summed E-state index contributed by atoms with van der Waals surface area (Å²) in [6.07, 6.45) is -0.383. The molecule has 0 bridgehead atoms. The van der Waals surface area contributed by atoms with Crippen molar-refractivity contribution in [1.82, 2.24) is 0 Å². The van der Waals surface area contributed by atoms with Gasteiger partial charge in [-0.3, -0.25) is 0 Å². The summed E-state index contributed by atoms with van der Waals surface area (Å²) in [5.74, 6) is 0.828. The summed E-state index contributed by atoms with van der Waals surface area (Å²) >= 11 is 0. The van der Waals surface area contributed by atoms with Crippen molar-refractivity contribution in [3.05, 3.63) is 29.8 Å². The highest BCUT2D eigenvalue weighted by Gasteiger charge is 2.25. The molecule has 0 aliphatic rings. The Kier molecular flexibility index (Phi) is 4.99. The molecule has 19 heavy (non-hydrogen) atoms. The van der Waals surface area contributed by atoms with Crippen LogP contribution in [0.2, 0.25) is 0 Å². The lowest BCUT2D eigenvalue weighted by Gasteiger charge is -2.32. The van der Waals surface area contributed by atoms with Gasteiger partial charge in [-0.2, -0.15) is 0 Å². The van der Waals surface area contributed by atoms with Crippen molar-refractivity contribution in [3.8, 4) is 5.75 Å². The molecule has 0 radical (unpaired) electrons. The van der Waals surface area contributed by atoms with Gasteiger partial charge in [-0.15, -0.1) is 0 Å². The fourth-order valence-electron chi connectivity index (χ4n) is 1.56. The van der Waals surface area contributed by atoms with Crippen LogP contribution in [0.3, 0.4) is 0 Å². The van der Waals surface area contributed by atoms with E-state index in [1.165, 1.54) is 0 Å². The van der Waals surface area contributed by atoms with E-state index in [0.29, 0.717) is 0 Å². The van der Waals surface area contributed by atoms with Crippen LogP contribution in [0.4, 0.5) is 0 Å². The lowest BCUT2D eigenvalue weighted by atomic mass is 10.1. The molecule has 0 saturated carbocycles. The Labute approximate surface area is 116 Å². The highest BCUT2D eigenvalue weighted by Crippen LogP contribution is 2.30. The second-order valence-corrected chi connectivity index (χ2v) is 6.57. The van der Waals surface area contributed by atoms with Gasteiger partial charge < -0.3 is 14.2 Å². The van der Waals surface area contributed by atoms with Crippen molar-refractivity contribution in [2.24, 2.45) is 0 Å². The van der Waals surface area contributed by atoms with Crippen LogP contribution in [0.25, 0.3) is 0 Å². The van der Waals surface area contributed by atoms with E-state index in [1.54, 1.807) is 7.11 Å². The first-order chi connectivity index (χ1) is 8.61. The summed E-state index contributed by atoms with van der Waals surface area (Å²) in [4.78, 5) is 0. The van der Waals surface area contributed by atoms with E-state index in [-0.39, 0.29) is 17.5 Å². The molecular formula is C16H26O3. The number of hydrogen-bond donors (Lipinski definition) is 0. The Morgan fingerprint density at radius 1 is 0.789 bits per heavy atom. The van der Waals surface area contributed by atoms with Gasteiger partial charge in [0, 0.05) is 5.56 Å². The molecule has 0 unspecified atom stereocenters. The summed E-state index contributed by atoms with van der Waals surface area (Å²) in [5.41, 5.74) is 0.455. The topological polar surface area (TPSA) is 27.7 Å². The molecule has 0 atom stereocenters. The molecule has 3 heteroatoms. The second kappa shape index (κ2) is 5.93. The molecule has 1 rings (SSSR count). The van der Waals surface area contributed by atoms with Gasteiger partial charge in [0.1, 0.15) is 5.75 Å². The zero-order valence-electron chi connectivity index (χ0n) is 13.1. The average Bonchev–Trinajstić information content (AvgIpc) is 2.24. The minimum atomic E-state index is -0.383. The number of ether oxygens (including phenoxy) is 3. The van der Waals surface area contributed by atoms with Gasteiger partial charge in [0.25, 0.3) is 0 Å². The third kappa shape index (κ3) is 6.08. The predicted molar refractivity (Wildman–Crippen MR) is 77.4 cm³/mol. The Morgan fingerprint density at radius 3 is 1.53 bits per heavy atom. The molecular weight excluding hydrogens is 240 g/mol. The van der Waals surface area contributed by atoms with Crippen molar-refractivity contribution in [2.75, 3.05) is 7.11 Å². The molecule has 0 spiro atoms. The molecule has 0 fully saturated rings. The van der Waals surface area contributed by atoms with Gasteiger partial charge in [0.05, 0.1) is 18.3 Å². The minimum absolute atomic E-state index is 0.268. The highest BCUT2D eigenvalue weighted by atomic mass is 16.7. The number of rotatable bonds is 4. The quantitative estimate of drug-likeness (QED) is 0.759. The monoisotopic (exact) mass is 266 g/mol. The number of methoxy groups -OCH3 is 1. The maximum atomic E-state index is 6.01. The van der Waals surface area contributed by atoms with Crippen molar-refractivity contribution in [3.63, 3.8) is 0 Å². The molecule has 0 amide bonds. The molecule has 0 N–H and O–H groups in total. The average molecular weight is 266 g/mol. The van der Waals surface area contributed by atoms with E-state index >= 15 is 0 Å². The van der Waals surface area contributed by atoms with E-state index in [4.69, 9.17) is 14.2 Å². The highest BCUT2D eigenvalue weighted by molar-refractivity contribution is 5.28. The van der Waals surface area contributed by atoms with Crippen LogP contribution in [-0.2, 0) is 9.47 Å². The molecule has 1 aromatic carbocycles. The normalized spacial score (nSPS) is 12.8.